The predicted molar refractivity (Wildman–Crippen MR) is 110 cm³/mol. The van der Waals surface area contributed by atoms with Crippen molar-refractivity contribution < 1.29 is 19.1 Å². The second-order valence-corrected chi connectivity index (χ2v) is 5.78. The van der Waals surface area contributed by atoms with E-state index in [0.29, 0.717) is 19.8 Å². The molecule has 6 nitrogen and oxygen atoms in total. The summed E-state index contributed by atoms with van der Waals surface area (Å²) in [4.78, 5) is 14.4. The zero-order valence-corrected chi connectivity index (χ0v) is 17.6. The monoisotopic (exact) mass is 386 g/mol. The van der Waals surface area contributed by atoms with E-state index >= 15 is 0 Å². The lowest BCUT2D eigenvalue weighted by molar-refractivity contribution is -0.0979. The molecule has 0 amide bonds. The van der Waals surface area contributed by atoms with Crippen LogP contribution in [0.2, 0.25) is 0 Å². The van der Waals surface area contributed by atoms with Crippen molar-refractivity contribution in [2.45, 2.75) is 38.5 Å². The summed E-state index contributed by atoms with van der Waals surface area (Å²) >= 11 is 1.61. The molecule has 0 atom stereocenters. The lowest BCUT2D eigenvalue weighted by atomic mass is 10.1. The van der Waals surface area contributed by atoms with Crippen LogP contribution in [0, 0.1) is 0 Å². The molecule has 0 saturated heterocycles. The summed E-state index contributed by atoms with van der Waals surface area (Å²) in [6.45, 7) is 10.8. The lowest BCUT2D eigenvalue weighted by Gasteiger charge is -2.05. The average molecular weight is 387 g/mol. The molecule has 0 radical (unpaired) electrons. The molecule has 0 unspecified atom stereocenters. The summed E-state index contributed by atoms with van der Waals surface area (Å²) < 4.78 is 13.2. The SMILES string of the molecule is C=O.CC.COCCCO/N=C(/C)Cc1ccc(SNCCOC)cc1. The van der Waals surface area contributed by atoms with Gasteiger partial charge in [-0.15, -0.1) is 0 Å². The number of carbonyl (C=O) groups excluding carboxylic acids is 1. The van der Waals surface area contributed by atoms with Crippen LogP contribution >= 0.6 is 11.9 Å². The van der Waals surface area contributed by atoms with Crippen LogP contribution < -0.4 is 4.72 Å². The maximum absolute atomic E-state index is 8.00. The molecule has 0 aliphatic rings. The van der Waals surface area contributed by atoms with Gasteiger partial charge in [-0.3, -0.25) is 4.72 Å². The van der Waals surface area contributed by atoms with E-state index < -0.39 is 0 Å². The summed E-state index contributed by atoms with van der Waals surface area (Å²) in [5.74, 6) is 0. The smallest absolute Gasteiger partial charge is 0.119 e. The third-order valence-corrected chi connectivity index (χ3v) is 3.64. The van der Waals surface area contributed by atoms with Crippen molar-refractivity contribution in [2.24, 2.45) is 5.16 Å². The molecule has 0 bridgehead atoms. The van der Waals surface area contributed by atoms with Gasteiger partial charge in [0.05, 0.1) is 12.3 Å². The summed E-state index contributed by atoms with van der Waals surface area (Å²) in [7, 11) is 3.38. The van der Waals surface area contributed by atoms with Crippen molar-refractivity contribution in [1.82, 2.24) is 4.72 Å². The second-order valence-electron chi connectivity index (χ2n) is 4.82. The lowest BCUT2D eigenvalue weighted by Crippen LogP contribution is -2.10. The molecule has 26 heavy (non-hydrogen) atoms. The predicted octanol–water partition coefficient (Wildman–Crippen LogP) is 3.74. The molecule has 7 heteroatoms. The molecule has 0 heterocycles. The van der Waals surface area contributed by atoms with Gasteiger partial charge in [0, 0.05) is 45.1 Å². The molecule has 0 fully saturated rings. The summed E-state index contributed by atoms with van der Waals surface area (Å²) in [6, 6.07) is 8.44. The molecule has 0 spiro atoms. The molecular formula is C19H34N2O4S. The van der Waals surface area contributed by atoms with Crippen LogP contribution in [-0.4, -0.2) is 53.1 Å². The molecule has 0 aromatic heterocycles. The van der Waals surface area contributed by atoms with Crippen molar-refractivity contribution >= 4 is 24.4 Å². The molecule has 0 saturated carbocycles. The summed E-state index contributed by atoms with van der Waals surface area (Å²) in [5.41, 5.74) is 2.19. The quantitative estimate of drug-likeness (QED) is 0.255. The Hall–Kier alpha value is -1.41. The number of methoxy groups -OCH3 is 2. The normalized spacial score (nSPS) is 10.3. The molecule has 0 aliphatic heterocycles. The van der Waals surface area contributed by atoms with E-state index in [0.717, 1.165) is 25.1 Å². The molecular weight excluding hydrogens is 352 g/mol. The number of nitrogens with one attached hydrogen (secondary N) is 1. The third kappa shape index (κ3) is 16.1. The van der Waals surface area contributed by atoms with Crippen LogP contribution in [0.3, 0.4) is 0 Å². The maximum Gasteiger partial charge on any atom is 0.119 e. The Kier molecular flexibility index (Phi) is 22.3. The van der Waals surface area contributed by atoms with Crippen LogP contribution in [0.1, 0.15) is 32.8 Å². The minimum atomic E-state index is 0.591. The van der Waals surface area contributed by atoms with E-state index in [-0.39, 0.29) is 0 Å². The summed E-state index contributed by atoms with van der Waals surface area (Å²) in [5, 5.41) is 4.11. The zero-order valence-electron chi connectivity index (χ0n) is 16.7. The first-order chi connectivity index (χ1) is 12.8. The standard InChI is InChI=1S/C16H26N2O3S.C2H6.CH2O/c1-14(18-21-11-4-10-19-2)13-15-5-7-16(8-6-15)22-17-9-12-20-3;2*1-2/h5-8,17H,4,9-13H2,1-3H3;1-2H3;1H2/b18-14-;;. The fourth-order valence-electron chi connectivity index (χ4n) is 1.70. The topological polar surface area (TPSA) is 69.2 Å². The largest absolute Gasteiger partial charge is 0.396 e. The highest BCUT2D eigenvalue weighted by Gasteiger charge is 1.99. The van der Waals surface area contributed by atoms with Crippen LogP contribution in [0.15, 0.2) is 34.3 Å². The Morgan fingerprint density at radius 2 is 1.69 bits per heavy atom. The van der Waals surface area contributed by atoms with E-state index in [1.165, 1.54) is 10.5 Å². The van der Waals surface area contributed by atoms with Gasteiger partial charge in [0.2, 0.25) is 0 Å². The van der Waals surface area contributed by atoms with Crippen LogP contribution in [0.5, 0.6) is 0 Å². The van der Waals surface area contributed by atoms with E-state index in [1.807, 2.05) is 27.6 Å². The third-order valence-electron chi connectivity index (χ3n) is 2.79. The van der Waals surface area contributed by atoms with E-state index in [4.69, 9.17) is 19.1 Å². The van der Waals surface area contributed by atoms with Gasteiger partial charge in [0.1, 0.15) is 13.4 Å². The number of carbonyl (C=O) groups is 1. The van der Waals surface area contributed by atoms with Gasteiger partial charge in [-0.1, -0.05) is 31.1 Å². The van der Waals surface area contributed by atoms with Gasteiger partial charge >= 0.3 is 0 Å². The molecule has 1 N–H and O–H groups in total. The first-order valence-electron chi connectivity index (χ1n) is 8.67. The number of ether oxygens (including phenoxy) is 2. The van der Waals surface area contributed by atoms with Crippen molar-refractivity contribution in [1.29, 1.82) is 0 Å². The van der Waals surface area contributed by atoms with Gasteiger partial charge in [-0.05, 0) is 36.6 Å². The van der Waals surface area contributed by atoms with Crippen molar-refractivity contribution in [3.05, 3.63) is 29.8 Å². The Bertz CT molecular complexity index is 442. The van der Waals surface area contributed by atoms with Crippen molar-refractivity contribution in [3.8, 4) is 0 Å². The van der Waals surface area contributed by atoms with Gasteiger partial charge in [0.15, 0.2) is 0 Å². The number of oxime groups is 1. The zero-order chi connectivity index (χ0) is 20.0. The maximum atomic E-state index is 8.00. The Morgan fingerprint density at radius 3 is 2.27 bits per heavy atom. The van der Waals surface area contributed by atoms with Gasteiger partial charge in [-0.2, -0.15) is 0 Å². The van der Waals surface area contributed by atoms with Crippen LogP contribution in [0.25, 0.3) is 0 Å². The van der Waals surface area contributed by atoms with E-state index in [2.05, 4.69) is 34.1 Å². The van der Waals surface area contributed by atoms with Crippen molar-refractivity contribution in [2.75, 3.05) is 40.6 Å². The first kappa shape index (κ1) is 26.8. The number of nitrogens with zero attached hydrogens (tertiary/aromatic N) is 1. The first-order valence-corrected chi connectivity index (χ1v) is 9.48. The minimum Gasteiger partial charge on any atom is -0.396 e. The van der Waals surface area contributed by atoms with Crippen LogP contribution in [0.4, 0.5) is 0 Å². The Labute approximate surface area is 162 Å². The molecule has 1 aromatic rings. The Balaban J connectivity index is 0. The van der Waals surface area contributed by atoms with Gasteiger partial charge < -0.3 is 19.1 Å². The molecule has 0 aliphatic carbocycles. The minimum absolute atomic E-state index is 0.591. The highest BCUT2D eigenvalue weighted by molar-refractivity contribution is 7.97. The fraction of sp³-hybridized carbons (Fsp3) is 0.579. The highest BCUT2D eigenvalue weighted by Crippen LogP contribution is 2.15. The fourth-order valence-corrected chi connectivity index (χ4v) is 2.33. The van der Waals surface area contributed by atoms with Gasteiger partial charge in [0.25, 0.3) is 0 Å². The molecule has 1 aromatic carbocycles. The van der Waals surface area contributed by atoms with Crippen molar-refractivity contribution in [3.63, 3.8) is 0 Å². The van der Waals surface area contributed by atoms with E-state index in [9.17, 15) is 0 Å². The van der Waals surface area contributed by atoms with E-state index in [1.54, 1.807) is 26.2 Å². The molecule has 150 valence electrons. The van der Waals surface area contributed by atoms with Crippen LogP contribution in [-0.2, 0) is 25.5 Å². The number of hydrogen-bond acceptors (Lipinski definition) is 7. The highest BCUT2D eigenvalue weighted by atomic mass is 32.2. The second kappa shape index (κ2) is 21.6. The van der Waals surface area contributed by atoms with Gasteiger partial charge in [-0.25, -0.2) is 0 Å². The molecule has 1 rings (SSSR count). The number of hydrogen-bond donors (Lipinski definition) is 1. The number of benzene rings is 1. The summed E-state index contributed by atoms with van der Waals surface area (Å²) in [6.07, 6.45) is 1.65. The number of rotatable bonds is 12. The Morgan fingerprint density at radius 1 is 1.08 bits per heavy atom. The average Bonchev–Trinajstić information content (AvgIpc) is 2.69.